The zero-order chi connectivity index (χ0) is 17.1. The van der Waals surface area contributed by atoms with Crippen molar-refractivity contribution in [1.82, 2.24) is 15.5 Å². The van der Waals surface area contributed by atoms with Crippen LogP contribution in [0.5, 0.6) is 5.75 Å². The summed E-state index contributed by atoms with van der Waals surface area (Å²) >= 11 is 0. The molecule has 0 unspecified atom stereocenters. The van der Waals surface area contributed by atoms with Gasteiger partial charge in [0.2, 0.25) is 5.82 Å². The van der Waals surface area contributed by atoms with Crippen LogP contribution in [-0.2, 0) is 4.79 Å². The maximum atomic E-state index is 11.6. The summed E-state index contributed by atoms with van der Waals surface area (Å²) in [4.78, 5) is 16.0. The molecule has 4 rings (SSSR count). The van der Waals surface area contributed by atoms with Gasteiger partial charge in [0, 0.05) is 17.2 Å². The van der Waals surface area contributed by atoms with Crippen molar-refractivity contribution in [1.29, 1.82) is 0 Å². The molecule has 126 valence electrons. The largest absolute Gasteiger partial charge is 0.484 e. The maximum Gasteiger partial charge on any atom is 0.258 e. The van der Waals surface area contributed by atoms with Crippen LogP contribution in [0.1, 0.15) is 12.8 Å². The van der Waals surface area contributed by atoms with Gasteiger partial charge in [0.05, 0.1) is 0 Å². The normalized spacial score (nSPS) is 13.4. The zero-order valence-corrected chi connectivity index (χ0v) is 13.5. The van der Waals surface area contributed by atoms with Crippen LogP contribution in [-0.4, -0.2) is 28.7 Å². The summed E-state index contributed by atoms with van der Waals surface area (Å²) in [6, 6.07) is 17.2. The lowest BCUT2D eigenvalue weighted by Gasteiger charge is -2.06. The highest BCUT2D eigenvalue weighted by atomic mass is 16.5. The van der Waals surface area contributed by atoms with E-state index in [2.05, 4.69) is 15.5 Å². The summed E-state index contributed by atoms with van der Waals surface area (Å²) in [5, 5.41) is 6.89. The third-order valence-corrected chi connectivity index (χ3v) is 3.87. The van der Waals surface area contributed by atoms with Crippen molar-refractivity contribution in [3.8, 4) is 28.6 Å². The van der Waals surface area contributed by atoms with E-state index in [1.165, 1.54) is 0 Å². The fraction of sp³-hybridized carbons (Fsp3) is 0.211. The van der Waals surface area contributed by atoms with E-state index in [1.807, 2.05) is 42.5 Å². The van der Waals surface area contributed by atoms with Gasteiger partial charge >= 0.3 is 0 Å². The molecule has 0 bridgehead atoms. The number of benzene rings is 2. The Balaban J connectivity index is 1.40. The minimum atomic E-state index is -0.0871. The number of carbonyl (C=O) groups is 1. The van der Waals surface area contributed by atoms with E-state index in [0.717, 1.165) is 24.0 Å². The van der Waals surface area contributed by atoms with E-state index in [1.54, 1.807) is 12.1 Å². The summed E-state index contributed by atoms with van der Waals surface area (Å²) in [6.45, 7) is 0.0224. The number of nitrogens with one attached hydrogen (secondary N) is 1. The molecule has 1 fully saturated rings. The van der Waals surface area contributed by atoms with Crippen LogP contribution < -0.4 is 10.1 Å². The van der Waals surface area contributed by atoms with Crippen LogP contribution in [0.2, 0.25) is 0 Å². The number of hydrogen-bond donors (Lipinski definition) is 1. The average molecular weight is 335 g/mol. The third-order valence-electron chi connectivity index (χ3n) is 3.87. The molecule has 3 aromatic rings. The van der Waals surface area contributed by atoms with E-state index < -0.39 is 0 Å². The minimum Gasteiger partial charge on any atom is -0.484 e. The van der Waals surface area contributed by atoms with Gasteiger partial charge in [-0.25, -0.2) is 0 Å². The molecule has 1 aliphatic rings. The van der Waals surface area contributed by atoms with Crippen molar-refractivity contribution in [2.24, 2.45) is 0 Å². The molecule has 6 heteroatoms. The summed E-state index contributed by atoms with van der Waals surface area (Å²) in [5.74, 6) is 1.53. The van der Waals surface area contributed by atoms with E-state index >= 15 is 0 Å². The van der Waals surface area contributed by atoms with Gasteiger partial charge in [-0.3, -0.25) is 4.79 Å². The van der Waals surface area contributed by atoms with Crippen molar-refractivity contribution in [2.45, 2.75) is 18.9 Å². The first-order chi connectivity index (χ1) is 12.3. The first-order valence-electron chi connectivity index (χ1n) is 8.20. The molecule has 0 atom stereocenters. The smallest absolute Gasteiger partial charge is 0.258 e. The van der Waals surface area contributed by atoms with E-state index in [0.29, 0.717) is 23.5 Å². The summed E-state index contributed by atoms with van der Waals surface area (Å²) in [7, 11) is 0. The van der Waals surface area contributed by atoms with Crippen molar-refractivity contribution < 1.29 is 14.1 Å². The van der Waals surface area contributed by atoms with Gasteiger partial charge in [0.25, 0.3) is 11.8 Å². The number of rotatable bonds is 6. The lowest BCUT2D eigenvalue weighted by Crippen LogP contribution is -2.30. The lowest BCUT2D eigenvalue weighted by atomic mass is 10.2. The van der Waals surface area contributed by atoms with Gasteiger partial charge < -0.3 is 14.6 Å². The second-order valence-corrected chi connectivity index (χ2v) is 5.94. The summed E-state index contributed by atoms with van der Waals surface area (Å²) in [6.07, 6.45) is 2.13. The standard InChI is InChI=1S/C19H17N3O3/c23-17(20-15-8-9-15)12-24-16-10-6-14(7-11-16)19-21-18(22-25-19)13-4-2-1-3-5-13/h1-7,10-11,15H,8-9,12H2,(H,20,23). The predicted molar refractivity (Wildman–Crippen MR) is 91.8 cm³/mol. The molecule has 0 spiro atoms. The Hall–Kier alpha value is -3.15. The first kappa shape index (κ1) is 15.4. The van der Waals surface area contributed by atoms with Gasteiger partial charge in [0.1, 0.15) is 5.75 Å². The molecule has 1 heterocycles. The number of hydrogen-bond acceptors (Lipinski definition) is 5. The first-order valence-corrected chi connectivity index (χ1v) is 8.20. The maximum absolute atomic E-state index is 11.6. The Kier molecular flexibility index (Phi) is 4.16. The van der Waals surface area contributed by atoms with Gasteiger partial charge in [-0.1, -0.05) is 35.5 Å². The van der Waals surface area contributed by atoms with Crippen LogP contribution in [0.25, 0.3) is 22.8 Å². The monoisotopic (exact) mass is 335 g/mol. The van der Waals surface area contributed by atoms with E-state index in [4.69, 9.17) is 9.26 Å². The molecular weight excluding hydrogens is 318 g/mol. The number of nitrogens with zero attached hydrogens (tertiary/aromatic N) is 2. The fourth-order valence-electron chi connectivity index (χ4n) is 2.38. The van der Waals surface area contributed by atoms with E-state index in [-0.39, 0.29) is 12.5 Å². The molecule has 25 heavy (non-hydrogen) atoms. The second-order valence-electron chi connectivity index (χ2n) is 5.94. The van der Waals surface area contributed by atoms with Gasteiger partial charge in [-0.2, -0.15) is 4.98 Å². The number of aromatic nitrogens is 2. The van der Waals surface area contributed by atoms with Crippen molar-refractivity contribution in [3.05, 3.63) is 54.6 Å². The molecule has 0 saturated heterocycles. The molecule has 1 aliphatic carbocycles. The second kappa shape index (κ2) is 6.76. The lowest BCUT2D eigenvalue weighted by molar-refractivity contribution is -0.123. The fourth-order valence-corrected chi connectivity index (χ4v) is 2.38. The SMILES string of the molecule is O=C(COc1ccc(-c2nc(-c3ccccc3)no2)cc1)NC1CC1. The number of amides is 1. The molecule has 1 saturated carbocycles. The molecule has 1 aromatic heterocycles. The van der Waals surface area contributed by atoms with Gasteiger partial charge in [-0.05, 0) is 37.1 Å². The number of carbonyl (C=O) groups excluding carboxylic acids is 1. The highest BCUT2D eigenvalue weighted by Gasteiger charge is 2.23. The Morgan fingerprint density at radius 1 is 1.08 bits per heavy atom. The Bertz CT molecular complexity index is 855. The summed E-state index contributed by atoms with van der Waals surface area (Å²) in [5.41, 5.74) is 1.70. The Morgan fingerprint density at radius 2 is 1.84 bits per heavy atom. The molecule has 0 aliphatic heterocycles. The predicted octanol–water partition coefficient (Wildman–Crippen LogP) is 3.06. The molecule has 1 N–H and O–H groups in total. The van der Waals surface area contributed by atoms with Crippen molar-refractivity contribution in [3.63, 3.8) is 0 Å². The van der Waals surface area contributed by atoms with Gasteiger partial charge in [0.15, 0.2) is 6.61 Å². The van der Waals surface area contributed by atoms with Gasteiger partial charge in [-0.15, -0.1) is 0 Å². The summed E-state index contributed by atoms with van der Waals surface area (Å²) < 4.78 is 10.8. The Labute approximate surface area is 144 Å². The molecule has 2 aromatic carbocycles. The van der Waals surface area contributed by atoms with Crippen LogP contribution in [0.4, 0.5) is 0 Å². The highest BCUT2D eigenvalue weighted by molar-refractivity contribution is 5.78. The van der Waals surface area contributed by atoms with Crippen LogP contribution in [0, 0.1) is 0 Å². The molecule has 1 amide bonds. The topological polar surface area (TPSA) is 77.2 Å². The van der Waals surface area contributed by atoms with E-state index in [9.17, 15) is 4.79 Å². The highest BCUT2D eigenvalue weighted by Crippen LogP contribution is 2.24. The third kappa shape index (κ3) is 3.85. The molecule has 0 radical (unpaired) electrons. The molecular formula is C19H17N3O3. The Morgan fingerprint density at radius 3 is 2.56 bits per heavy atom. The van der Waals surface area contributed by atoms with Crippen LogP contribution in [0.3, 0.4) is 0 Å². The average Bonchev–Trinajstić information content (AvgIpc) is 3.33. The van der Waals surface area contributed by atoms with Crippen molar-refractivity contribution >= 4 is 5.91 Å². The number of ether oxygens (including phenoxy) is 1. The zero-order valence-electron chi connectivity index (χ0n) is 13.5. The quantitative estimate of drug-likeness (QED) is 0.749. The molecule has 6 nitrogen and oxygen atoms in total. The van der Waals surface area contributed by atoms with Crippen LogP contribution in [0.15, 0.2) is 59.1 Å². The van der Waals surface area contributed by atoms with Crippen molar-refractivity contribution in [2.75, 3.05) is 6.61 Å². The minimum absolute atomic E-state index is 0.0224. The van der Waals surface area contributed by atoms with Crippen LogP contribution >= 0.6 is 0 Å².